The van der Waals surface area contributed by atoms with Crippen molar-refractivity contribution in [2.75, 3.05) is 22.9 Å². The second-order valence-electron chi connectivity index (χ2n) is 7.13. The van der Waals surface area contributed by atoms with Crippen molar-refractivity contribution >= 4 is 38.7 Å². The highest BCUT2D eigenvalue weighted by atomic mass is 32.2. The molecular weight excluding hydrogens is 414 g/mol. The summed E-state index contributed by atoms with van der Waals surface area (Å²) in [6, 6.07) is 25.4. The van der Waals surface area contributed by atoms with Crippen molar-refractivity contribution in [3.8, 4) is 0 Å². The third-order valence-electron chi connectivity index (χ3n) is 4.78. The average molecular weight is 440 g/mol. The SMILES string of the molecule is Cc1ccc([C@H](NC(=S)Nc2cccc(N(C)S(C)(=O)=O)c2)c2ccccc2)cc1. The fraction of sp³-hybridized carbons (Fsp3) is 0.174. The Bertz CT molecular complexity index is 1110. The largest absolute Gasteiger partial charge is 0.352 e. The molecule has 2 N–H and O–H groups in total. The molecule has 0 spiro atoms. The lowest BCUT2D eigenvalue weighted by atomic mass is 9.98. The van der Waals surface area contributed by atoms with Crippen LogP contribution in [0.3, 0.4) is 0 Å². The van der Waals surface area contributed by atoms with Crippen LogP contribution >= 0.6 is 12.2 Å². The summed E-state index contributed by atoms with van der Waals surface area (Å²) in [7, 11) is -1.82. The predicted octanol–water partition coefficient (Wildman–Crippen LogP) is 4.47. The quantitative estimate of drug-likeness (QED) is 0.555. The zero-order valence-electron chi connectivity index (χ0n) is 17.2. The second-order valence-corrected chi connectivity index (χ2v) is 9.56. The van der Waals surface area contributed by atoms with E-state index in [1.54, 1.807) is 18.2 Å². The number of nitrogens with zero attached hydrogens (tertiary/aromatic N) is 1. The molecule has 0 fully saturated rings. The molecule has 0 heterocycles. The van der Waals surface area contributed by atoms with Gasteiger partial charge in [-0.15, -0.1) is 0 Å². The summed E-state index contributed by atoms with van der Waals surface area (Å²) >= 11 is 5.57. The Kier molecular flexibility index (Phi) is 6.74. The van der Waals surface area contributed by atoms with Gasteiger partial charge in [0.1, 0.15) is 0 Å². The first-order valence-electron chi connectivity index (χ1n) is 9.47. The van der Waals surface area contributed by atoms with Gasteiger partial charge in [-0.2, -0.15) is 0 Å². The molecule has 7 heteroatoms. The molecule has 3 aromatic rings. The molecule has 0 saturated carbocycles. The number of aryl methyl sites for hydroxylation is 1. The maximum Gasteiger partial charge on any atom is 0.231 e. The third-order valence-corrected chi connectivity index (χ3v) is 6.21. The summed E-state index contributed by atoms with van der Waals surface area (Å²) in [4.78, 5) is 0. The number of hydrogen-bond acceptors (Lipinski definition) is 3. The number of benzene rings is 3. The van der Waals surface area contributed by atoms with E-state index in [-0.39, 0.29) is 6.04 Å². The summed E-state index contributed by atoms with van der Waals surface area (Å²) in [5, 5.41) is 7.00. The van der Waals surface area contributed by atoms with E-state index < -0.39 is 10.0 Å². The Morgan fingerprint density at radius 2 is 1.57 bits per heavy atom. The summed E-state index contributed by atoms with van der Waals surface area (Å²) in [6.45, 7) is 2.06. The van der Waals surface area contributed by atoms with Crippen LogP contribution in [0.1, 0.15) is 22.7 Å². The van der Waals surface area contributed by atoms with E-state index in [1.807, 2.05) is 24.3 Å². The minimum absolute atomic E-state index is 0.117. The van der Waals surface area contributed by atoms with Crippen molar-refractivity contribution in [3.63, 3.8) is 0 Å². The van der Waals surface area contributed by atoms with E-state index in [0.717, 1.165) is 11.1 Å². The Morgan fingerprint density at radius 3 is 2.20 bits per heavy atom. The number of thiocarbonyl (C=S) groups is 1. The number of hydrogen-bond donors (Lipinski definition) is 2. The van der Waals surface area contributed by atoms with Crippen LogP contribution in [-0.4, -0.2) is 26.8 Å². The molecule has 0 saturated heterocycles. The van der Waals surface area contributed by atoms with Gasteiger partial charge in [0.15, 0.2) is 5.11 Å². The van der Waals surface area contributed by atoms with E-state index in [9.17, 15) is 8.42 Å². The lowest BCUT2D eigenvalue weighted by molar-refractivity contribution is 0.600. The minimum atomic E-state index is -3.34. The second kappa shape index (κ2) is 9.28. The van der Waals surface area contributed by atoms with Crippen molar-refractivity contribution in [2.24, 2.45) is 0 Å². The van der Waals surface area contributed by atoms with E-state index in [4.69, 9.17) is 12.2 Å². The Labute approximate surface area is 183 Å². The minimum Gasteiger partial charge on any atom is -0.352 e. The number of nitrogens with one attached hydrogen (secondary N) is 2. The maximum absolute atomic E-state index is 11.8. The highest BCUT2D eigenvalue weighted by Crippen LogP contribution is 2.24. The van der Waals surface area contributed by atoms with Crippen LogP contribution in [0, 0.1) is 6.92 Å². The molecule has 0 aliphatic heterocycles. The Morgan fingerprint density at radius 1 is 0.933 bits per heavy atom. The molecule has 0 aliphatic carbocycles. The van der Waals surface area contributed by atoms with Gasteiger partial charge in [-0.1, -0.05) is 66.2 Å². The smallest absolute Gasteiger partial charge is 0.231 e. The van der Waals surface area contributed by atoms with Gasteiger partial charge in [0.25, 0.3) is 0 Å². The topological polar surface area (TPSA) is 61.4 Å². The molecule has 3 aromatic carbocycles. The van der Waals surface area contributed by atoms with Crippen LogP contribution in [0.5, 0.6) is 0 Å². The van der Waals surface area contributed by atoms with Crippen LogP contribution in [-0.2, 0) is 10.0 Å². The number of anilines is 2. The standard InChI is InChI=1S/C23H25N3O2S2/c1-17-12-14-19(15-13-17)22(18-8-5-4-6-9-18)25-23(29)24-20-10-7-11-21(16-20)26(2)30(3,27)28/h4-16,22H,1-3H3,(H2,24,25,29)/t22-/m1/s1. The Balaban J connectivity index is 1.81. The van der Waals surface area contributed by atoms with Crippen LogP contribution in [0.25, 0.3) is 0 Å². The van der Waals surface area contributed by atoms with Crippen LogP contribution in [0.2, 0.25) is 0 Å². The molecule has 0 unspecified atom stereocenters. The molecule has 0 amide bonds. The molecule has 0 aromatic heterocycles. The number of sulfonamides is 1. The average Bonchev–Trinajstić information content (AvgIpc) is 2.72. The third kappa shape index (κ3) is 5.58. The van der Waals surface area contributed by atoms with Crippen LogP contribution < -0.4 is 14.9 Å². The Hall–Kier alpha value is -2.90. The first-order valence-corrected chi connectivity index (χ1v) is 11.7. The molecule has 1 atom stereocenters. The lowest BCUT2D eigenvalue weighted by Crippen LogP contribution is -2.33. The van der Waals surface area contributed by atoms with Crippen molar-refractivity contribution < 1.29 is 8.42 Å². The van der Waals surface area contributed by atoms with Crippen molar-refractivity contribution in [3.05, 3.63) is 95.6 Å². The summed E-state index contributed by atoms with van der Waals surface area (Å²) in [5.74, 6) is 0. The van der Waals surface area contributed by atoms with Crippen molar-refractivity contribution in [1.29, 1.82) is 0 Å². The van der Waals surface area contributed by atoms with Gasteiger partial charge in [-0.25, -0.2) is 8.42 Å². The highest BCUT2D eigenvalue weighted by molar-refractivity contribution is 7.92. The van der Waals surface area contributed by atoms with Gasteiger partial charge >= 0.3 is 0 Å². The number of rotatable bonds is 6. The first kappa shape index (κ1) is 21.8. The van der Waals surface area contributed by atoms with Gasteiger partial charge in [-0.3, -0.25) is 4.31 Å². The van der Waals surface area contributed by atoms with E-state index in [1.165, 1.54) is 23.2 Å². The molecular formula is C23H25N3O2S2. The van der Waals surface area contributed by atoms with Crippen molar-refractivity contribution in [1.82, 2.24) is 5.32 Å². The van der Waals surface area contributed by atoms with Crippen LogP contribution in [0.15, 0.2) is 78.9 Å². The normalized spacial score (nSPS) is 12.1. The summed E-state index contributed by atoms with van der Waals surface area (Å²) in [5.41, 5.74) is 4.65. The lowest BCUT2D eigenvalue weighted by Gasteiger charge is -2.23. The predicted molar refractivity (Wildman–Crippen MR) is 129 cm³/mol. The summed E-state index contributed by atoms with van der Waals surface area (Å²) < 4.78 is 24.9. The van der Waals surface area contributed by atoms with Gasteiger partial charge < -0.3 is 10.6 Å². The van der Waals surface area contributed by atoms with E-state index in [2.05, 4.69) is 54.0 Å². The molecule has 0 aliphatic rings. The summed E-state index contributed by atoms with van der Waals surface area (Å²) in [6.07, 6.45) is 1.17. The molecule has 5 nitrogen and oxygen atoms in total. The molecule has 0 bridgehead atoms. The highest BCUT2D eigenvalue weighted by Gasteiger charge is 2.16. The molecule has 3 rings (SSSR count). The maximum atomic E-state index is 11.8. The van der Waals surface area contributed by atoms with Crippen molar-refractivity contribution in [2.45, 2.75) is 13.0 Å². The van der Waals surface area contributed by atoms with E-state index in [0.29, 0.717) is 16.5 Å². The molecule has 156 valence electrons. The fourth-order valence-corrected chi connectivity index (χ4v) is 3.77. The molecule has 30 heavy (non-hydrogen) atoms. The fourth-order valence-electron chi connectivity index (χ4n) is 3.03. The van der Waals surface area contributed by atoms with Gasteiger partial charge in [0.05, 0.1) is 18.0 Å². The first-order chi connectivity index (χ1) is 14.2. The van der Waals surface area contributed by atoms with Gasteiger partial charge in [0, 0.05) is 12.7 Å². The van der Waals surface area contributed by atoms with Gasteiger partial charge in [0.2, 0.25) is 10.0 Å². The van der Waals surface area contributed by atoms with E-state index >= 15 is 0 Å². The zero-order valence-corrected chi connectivity index (χ0v) is 18.8. The monoisotopic (exact) mass is 439 g/mol. The zero-order chi connectivity index (χ0) is 21.7. The van der Waals surface area contributed by atoms with Crippen LogP contribution in [0.4, 0.5) is 11.4 Å². The van der Waals surface area contributed by atoms with Gasteiger partial charge in [-0.05, 0) is 48.5 Å². The molecule has 0 radical (unpaired) electrons.